The maximum absolute atomic E-state index is 10.5. The van der Waals surface area contributed by atoms with Gasteiger partial charge in [-0.3, -0.25) is 15.1 Å². The average molecular weight is 250 g/mol. The molecule has 18 heavy (non-hydrogen) atoms. The van der Waals surface area contributed by atoms with Gasteiger partial charge in [0, 0.05) is 25.5 Å². The molecular formula is C12H18N4O2. The number of aromatic nitrogens is 1. The van der Waals surface area contributed by atoms with Gasteiger partial charge in [0.25, 0.3) is 6.20 Å². The first-order valence-electron chi connectivity index (χ1n) is 5.94. The van der Waals surface area contributed by atoms with Crippen LogP contribution in [0.2, 0.25) is 0 Å². The first-order chi connectivity index (χ1) is 8.72. The van der Waals surface area contributed by atoms with Crippen molar-refractivity contribution in [3.05, 3.63) is 52.2 Å². The number of pyridine rings is 1. The Morgan fingerprint density at radius 3 is 3.00 bits per heavy atom. The Morgan fingerprint density at radius 1 is 1.56 bits per heavy atom. The second-order valence-electron chi connectivity index (χ2n) is 3.82. The molecule has 1 heterocycles. The van der Waals surface area contributed by atoms with E-state index in [1.807, 2.05) is 12.1 Å². The van der Waals surface area contributed by atoms with Crippen LogP contribution in [0.25, 0.3) is 0 Å². The molecule has 0 radical (unpaired) electrons. The number of hydrogen-bond acceptors (Lipinski definition) is 5. The smallest absolute Gasteiger partial charge is 0.274 e. The van der Waals surface area contributed by atoms with Crippen LogP contribution in [-0.4, -0.2) is 16.5 Å². The lowest BCUT2D eigenvalue weighted by molar-refractivity contribution is -0.404. The van der Waals surface area contributed by atoms with Crippen LogP contribution in [0.4, 0.5) is 0 Å². The van der Waals surface area contributed by atoms with Crippen LogP contribution in [0.3, 0.4) is 0 Å². The van der Waals surface area contributed by atoms with E-state index in [2.05, 4.69) is 22.5 Å². The highest BCUT2D eigenvalue weighted by molar-refractivity contribution is 5.09. The van der Waals surface area contributed by atoms with Gasteiger partial charge < -0.3 is 10.6 Å². The fraction of sp³-hybridized carbons (Fsp3) is 0.417. The minimum Gasteiger partial charge on any atom is -0.367 e. The van der Waals surface area contributed by atoms with E-state index in [0.29, 0.717) is 12.4 Å². The molecule has 98 valence electrons. The molecule has 0 fully saturated rings. The van der Waals surface area contributed by atoms with E-state index < -0.39 is 4.92 Å². The van der Waals surface area contributed by atoms with Gasteiger partial charge in [-0.2, -0.15) is 0 Å². The number of unbranched alkanes of at least 4 members (excludes halogenated alkanes) is 1. The van der Waals surface area contributed by atoms with Gasteiger partial charge in [0.05, 0.1) is 4.92 Å². The van der Waals surface area contributed by atoms with Crippen LogP contribution in [0, 0.1) is 10.1 Å². The highest BCUT2D eigenvalue weighted by Gasteiger charge is 2.02. The van der Waals surface area contributed by atoms with Crippen LogP contribution < -0.4 is 10.6 Å². The van der Waals surface area contributed by atoms with Crippen LogP contribution in [0.1, 0.15) is 25.3 Å². The number of rotatable bonds is 8. The summed E-state index contributed by atoms with van der Waals surface area (Å²) in [5.41, 5.74) is 0.976. The largest absolute Gasteiger partial charge is 0.367 e. The minimum atomic E-state index is -0.468. The fourth-order valence-corrected chi connectivity index (χ4v) is 1.36. The molecule has 0 saturated heterocycles. The summed E-state index contributed by atoms with van der Waals surface area (Å²) in [5, 5.41) is 16.5. The molecule has 0 aliphatic heterocycles. The second kappa shape index (κ2) is 8.05. The molecule has 0 aromatic carbocycles. The predicted octanol–water partition coefficient (Wildman–Crippen LogP) is 1.64. The zero-order valence-electron chi connectivity index (χ0n) is 10.4. The van der Waals surface area contributed by atoms with Crippen molar-refractivity contribution in [2.45, 2.75) is 26.3 Å². The minimum absolute atomic E-state index is 0.428. The normalized spacial score (nSPS) is 11.1. The topological polar surface area (TPSA) is 80.1 Å². The third-order valence-electron chi connectivity index (χ3n) is 2.29. The summed E-state index contributed by atoms with van der Waals surface area (Å²) in [6.45, 7) is 3.30. The molecule has 0 amide bonds. The molecule has 6 nitrogen and oxygen atoms in total. The Labute approximate surface area is 106 Å². The molecule has 1 aromatic heterocycles. The van der Waals surface area contributed by atoms with Crippen molar-refractivity contribution in [1.29, 1.82) is 0 Å². The van der Waals surface area contributed by atoms with Gasteiger partial charge >= 0.3 is 0 Å². The number of nitrogens with zero attached hydrogens (tertiary/aromatic N) is 2. The lowest BCUT2D eigenvalue weighted by Crippen LogP contribution is -2.27. The Hall–Kier alpha value is -2.11. The SMILES string of the molecule is CCCCN/C(=C\[N+](=O)[O-])NCc1cccnc1. The van der Waals surface area contributed by atoms with Gasteiger partial charge in [0.15, 0.2) is 5.82 Å². The maximum Gasteiger partial charge on any atom is 0.274 e. The van der Waals surface area contributed by atoms with Gasteiger partial charge in [-0.05, 0) is 18.1 Å². The molecule has 1 rings (SSSR count). The standard InChI is InChI=1S/C12H18N4O2/c1-2-3-7-14-12(10-16(17)18)15-9-11-5-4-6-13-8-11/h4-6,8,10,14-15H,2-3,7,9H2,1H3/b12-10+. The molecule has 0 spiro atoms. The van der Waals surface area contributed by atoms with Crippen LogP contribution in [-0.2, 0) is 6.54 Å². The summed E-state index contributed by atoms with van der Waals surface area (Å²) >= 11 is 0. The number of nitro groups is 1. The first kappa shape index (κ1) is 14.0. The fourth-order valence-electron chi connectivity index (χ4n) is 1.36. The molecule has 2 N–H and O–H groups in total. The Balaban J connectivity index is 2.48. The molecular weight excluding hydrogens is 232 g/mol. The van der Waals surface area contributed by atoms with Gasteiger partial charge in [-0.25, -0.2) is 0 Å². The molecule has 0 aliphatic rings. The van der Waals surface area contributed by atoms with Crippen molar-refractivity contribution in [3.63, 3.8) is 0 Å². The summed E-state index contributed by atoms with van der Waals surface area (Å²) in [6, 6.07) is 3.74. The predicted molar refractivity (Wildman–Crippen MR) is 69.1 cm³/mol. The summed E-state index contributed by atoms with van der Waals surface area (Å²) in [5.74, 6) is 0.428. The van der Waals surface area contributed by atoms with E-state index >= 15 is 0 Å². The van der Waals surface area contributed by atoms with Gasteiger partial charge in [-0.1, -0.05) is 19.4 Å². The van der Waals surface area contributed by atoms with E-state index in [0.717, 1.165) is 31.1 Å². The Bertz CT molecular complexity index is 392. The van der Waals surface area contributed by atoms with Crippen molar-refractivity contribution >= 4 is 0 Å². The van der Waals surface area contributed by atoms with Crippen molar-refractivity contribution in [2.24, 2.45) is 0 Å². The van der Waals surface area contributed by atoms with Crippen molar-refractivity contribution in [3.8, 4) is 0 Å². The molecule has 0 saturated carbocycles. The molecule has 0 bridgehead atoms. The molecule has 1 aromatic rings. The third-order valence-corrected chi connectivity index (χ3v) is 2.29. The van der Waals surface area contributed by atoms with Gasteiger partial charge in [-0.15, -0.1) is 0 Å². The van der Waals surface area contributed by atoms with Gasteiger partial charge in [0.1, 0.15) is 0 Å². The zero-order valence-corrected chi connectivity index (χ0v) is 10.4. The second-order valence-corrected chi connectivity index (χ2v) is 3.82. The van der Waals surface area contributed by atoms with E-state index in [4.69, 9.17) is 0 Å². The van der Waals surface area contributed by atoms with Gasteiger partial charge in [0.2, 0.25) is 0 Å². The van der Waals surface area contributed by atoms with Crippen molar-refractivity contribution < 1.29 is 4.92 Å². The molecule has 0 atom stereocenters. The molecule has 0 unspecified atom stereocenters. The van der Waals surface area contributed by atoms with Crippen molar-refractivity contribution in [2.75, 3.05) is 6.54 Å². The van der Waals surface area contributed by atoms with E-state index in [1.165, 1.54) is 0 Å². The quantitative estimate of drug-likeness (QED) is 0.416. The first-order valence-corrected chi connectivity index (χ1v) is 5.94. The van der Waals surface area contributed by atoms with Crippen molar-refractivity contribution in [1.82, 2.24) is 15.6 Å². The maximum atomic E-state index is 10.5. The summed E-state index contributed by atoms with van der Waals surface area (Å²) in [6.07, 6.45) is 6.39. The highest BCUT2D eigenvalue weighted by Crippen LogP contribution is 1.97. The summed E-state index contributed by atoms with van der Waals surface area (Å²) in [7, 11) is 0. The lowest BCUT2D eigenvalue weighted by atomic mass is 10.3. The summed E-state index contributed by atoms with van der Waals surface area (Å²) < 4.78 is 0. The Kier molecular flexibility index (Phi) is 6.24. The highest BCUT2D eigenvalue weighted by atomic mass is 16.6. The molecule has 6 heteroatoms. The number of nitrogens with one attached hydrogen (secondary N) is 2. The summed E-state index contributed by atoms with van der Waals surface area (Å²) in [4.78, 5) is 14.0. The Morgan fingerprint density at radius 2 is 2.39 bits per heavy atom. The van der Waals surface area contributed by atoms with E-state index in [1.54, 1.807) is 12.4 Å². The van der Waals surface area contributed by atoms with Crippen LogP contribution in [0.15, 0.2) is 36.5 Å². The monoisotopic (exact) mass is 250 g/mol. The third kappa shape index (κ3) is 5.83. The number of hydrogen-bond donors (Lipinski definition) is 2. The van der Waals surface area contributed by atoms with Crippen LogP contribution in [0.5, 0.6) is 0 Å². The lowest BCUT2D eigenvalue weighted by Gasteiger charge is -2.10. The zero-order chi connectivity index (χ0) is 13.2. The average Bonchev–Trinajstić information content (AvgIpc) is 2.37. The molecule has 0 aliphatic carbocycles. The van der Waals surface area contributed by atoms with Crippen LogP contribution >= 0.6 is 0 Å². The van der Waals surface area contributed by atoms with E-state index in [-0.39, 0.29) is 0 Å². The van der Waals surface area contributed by atoms with E-state index in [9.17, 15) is 10.1 Å².